The molecule has 0 saturated heterocycles. The summed E-state index contributed by atoms with van der Waals surface area (Å²) in [4.78, 5) is 0. The normalized spacial score (nSPS) is 14.5. The third-order valence-corrected chi connectivity index (χ3v) is 3.39. The molecule has 0 unspecified atom stereocenters. The largest absolute Gasteiger partial charge is 0.396 e. The van der Waals surface area contributed by atoms with Crippen LogP contribution in [0.5, 0.6) is 0 Å². The summed E-state index contributed by atoms with van der Waals surface area (Å²) in [6.07, 6.45) is 4.60. The van der Waals surface area contributed by atoms with Gasteiger partial charge in [-0.15, -0.1) is 0 Å². The Labute approximate surface area is 85.8 Å². The molecule has 1 heteroatoms. The van der Waals surface area contributed by atoms with Crippen molar-refractivity contribution in [3.8, 4) is 0 Å². The van der Waals surface area contributed by atoms with Crippen molar-refractivity contribution in [3.05, 3.63) is 33.9 Å². The van der Waals surface area contributed by atoms with Crippen molar-refractivity contribution in [1.82, 2.24) is 0 Å². The Hall–Kier alpha value is -0.820. The highest BCUT2D eigenvalue weighted by Gasteiger charge is 2.16. The predicted octanol–water partition coefficient (Wildman–Crippen LogP) is 2.33. The van der Waals surface area contributed by atoms with Gasteiger partial charge in [0, 0.05) is 6.61 Å². The first-order chi connectivity index (χ1) is 6.74. The molecule has 1 aliphatic carbocycles. The van der Waals surface area contributed by atoms with Crippen molar-refractivity contribution < 1.29 is 5.11 Å². The highest BCUT2D eigenvalue weighted by Crippen LogP contribution is 2.29. The van der Waals surface area contributed by atoms with E-state index in [-0.39, 0.29) is 6.61 Å². The van der Waals surface area contributed by atoms with Crippen LogP contribution in [0.25, 0.3) is 0 Å². The van der Waals surface area contributed by atoms with Gasteiger partial charge in [0.1, 0.15) is 0 Å². The molecular formula is C13H18O. The topological polar surface area (TPSA) is 20.2 Å². The molecule has 0 aromatic heterocycles. The van der Waals surface area contributed by atoms with Gasteiger partial charge in [-0.25, -0.2) is 0 Å². The van der Waals surface area contributed by atoms with Gasteiger partial charge in [-0.2, -0.15) is 0 Å². The highest BCUT2D eigenvalue weighted by atomic mass is 16.2. The van der Waals surface area contributed by atoms with Crippen molar-refractivity contribution in [3.63, 3.8) is 0 Å². The first-order valence-corrected chi connectivity index (χ1v) is 5.45. The predicted molar refractivity (Wildman–Crippen MR) is 58.7 cm³/mol. The van der Waals surface area contributed by atoms with Crippen LogP contribution in [0.1, 0.15) is 34.2 Å². The van der Waals surface area contributed by atoms with Crippen molar-refractivity contribution in [1.29, 1.82) is 0 Å². The SMILES string of the molecule is Cc1cc2c(c(C)c1CCO)CCC2. The molecule has 0 heterocycles. The lowest BCUT2D eigenvalue weighted by Gasteiger charge is -2.13. The first-order valence-electron chi connectivity index (χ1n) is 5.45. The van der Waals surface area contributed by atoms with Crippen LogP contribution < -0.4 is 0 Å². The summed E-state index contributed by atoms with van der Waals surface area (Å²) in [6.45, 7) is 4.64. The molecule has 0 radical (unpaired) electrons. The zero-order chi connectivity index (χ0) is 10.1. The van der Waals surface area contributed by atoms with E-state index in [1.165, 1.54) is 36.0 Å². The van der Waals surface area contributed by atoms with Crippen LogP contribution in [-0.2, 0) is 19.3 Å². The molecule has 0 spiro atoms. The molecule has 1 aromatic carbocycles. The van der Waals surface area contributed by atoms with Crippen molar-refractivity contribution >= 4 is 0 Å². The minimum absolute atomic E-state index is 0.264. The molecule has 14 heavy (non-hydrogen) atoms. The maximum atomic E-state index is 9.02. The molecule has 0 saturated carbocycles. The third-order valence-electron chi connectivity index (χ3n) is 3.39. The fourth-order valence-corrected chi connectivity index (χ4v) is 2.68. The summed E-state index contributed by atoms with van der Waals surface area (Å²) in [5.41, 5.74) is 7.26. The second-order valence-corrected chi connectivity index (χ2v) is 4.26. The lowest BCUT2D eigenvalue weighted by Crippen LogP contribution is -2.01. The molecule has 0 aliphatic heterocycles. The summed E-state index contributed by atoms with van der Waals surface area (Å²) < 4.78 is 0. The number of aliphatic hydroxyl groups is 1. The molecule has 1 N–H and O–H groups in total. The molecule has 0 fully saturated rings. The van der Waals surface area contributed by atoms with E-state index in [1.54, 1.807) is 11.1 Å². The van der Waals surface area contributed by atoms with Crippen LogP contribution in [0.3, 0.4) is 0 Å². The maximum absolute atomic E-state index is 9.02. The fourth-order valence-electron chi connectivity index (χ4n) is 2.68. The number of aliphatic hydroxyl groups excluding tert-OH is 1. The van der Waals surface area contributed by atoms with Gasteiger partial charge in [-0.1, -0.05) is 6.07 Å². The highest BCUT2D eigenvalue weighted by molar-refractivity contribution is 5.47. The third kappa shape index (κ3) is 1.46. The van der Waals surface area contributed by atoms with Crippen LogP contribution >= 0.6 is 0 Å². The molecule has 0 atom stereocenters. The second-order valence-electron chi connectivity index (χ2n) is 4.26. The lowest BCUT2D eigenvalue weighted by atomic mass is 9.93. The fraction of sp³-hybridized carbons (Fsp3) is 0.538. The zero-order valence-electron chi connectivity index (χ0n) is 9.06. The summed E-state index contributed by atoms with van der Waals surface area (Å²) >= 11 is 0. The summed E-state index contributed by atoms with van der Waals surface area (Å²) in [5.74, 6) is 0. The summed E-state index contributed by atoms with van der Waals surface area (Å²) in [6, 6.07) is 2.32. The van der Waals surface area contributed by atoms with E-state index in [4.69, 9.17) is 5.11 Å². The minimum atomic E-state index is 0.264. The second kappa shape index (κ2) is 3.74. The first kappa shape index (κ1) is 9.72. The average molecular weight is 190 g/mol. The standard InChI is InChI=1S/C13H18O/c1-9-8-11-4-3-5-13(11)10(2)12(9)6-7-14/h8,14H,3-7H2,1-2H3. The lowest BCUT2D eigenvalue weighted by molar-refractivity contribution is 0.299. The Balaban J connectivity index is 2.51. The van der Waals surface area contributed by atoms with Gasteiger partial charge in [0.2, 0.25) is 0 Å². The molecule has 76 valence electrons. The maximum Gasteiger partial charge on any atom is 0.0471 e. The van der Waals surface area contributed by atoms with Crippen molar-refractivity contribution in [2.24, 2.45) is 0 Å². The van der Waals surface area contributed by atoms with Crippen LogP contribution in [-0.4, -0.2) is 11.7 Å². The van der Waals surface area contributed by atoms with Gasteiger partial charge in [0.15, 0.2) is 0 Å². The van der Waals surface area contributed by atoms with E-state index in [2.05, 4.69) is 19.9 Å². The average Bonchev–Trinajstić information content (AvgIpc) is 2.60. The molecule has 0 bridgehead atoms. The van der Waals surface area contributed by atoms with Crippen molar-refractivity contribution in [2.75, 3.05) is 6.61 Å². The Bertz CT molecular complexity index is 353. The van der Waals surface area contributed by atoms with Crippen LogP contribution in [0.4, 0.5) is 0 Å². The number of hydrogen-bond donors (Lipinski definition) is 1. The Morgan fingerprint density at radius 1 is 1.29 bits per heavy atom. The zero-order valence-corrected chi connectivity index (χ0v) is 9.06. The van der Waals surface area contributed by atoms with Gasteiger partial charge in [-0.3, -0.25) is 0 Å². The van der Waals surface area contributed by atoms with Crippen LogP contribution in [0.2, 0.25) is 0 Å². The van der Waals surface area contributed by atoms with E-state index in [0.29, 0.717) is 0 Å². The minimum Gasteiger partial charge on any atom is -0.396 e. The van der Waals surface area contributed by atoms with E-state index in [1.807, 2.05) is 0 Å². The molecule has 0 amide bonds. The number of hydrogen-bond acceptors (Lipinski definition) is 1. The van der Waals surface area contributed by atoms with Gasteiger partial charge >= 0.3 is 0 Å². The monoisotopic (exact) mass is 190 g/mol. The molecule has 2 rings (SSSR count). The van der Waals surface area contributed by atoms with E-state index >= 15 is 0 Å². The van der Waals surface area contributed by atoms with Gasteiger partial charge in [0.05, 0.1) is 0 Å². The Morgan fingerprint density at radius 2 is 2.07 bits per heavy atom. The molecule has 1 nitrogen and oxygen atoms in total. The quantitative estimate of drug-likeness (QED) is 0.759. The molecular weight excluding hydrogens is 172 g/mol. The smallest absolute Gasteiger partial charge is 0.0471 e. The van der Waals surface area contributed by atoms with Crippen LogP contribution in [0.15, 0.2) is 6.07 Å². The summed E-state index contributed by atoms with van der Waals surface area (Å²) in [7, 11) is 0. The van der Waals surface area contributed by atoms with Crippen molar-refractivity contribution in [2.45, 2.75) is 39.5 Å². The number of benzene rings is 1. The molecule has 1 aliphatic rings. The molecule has 1 aromatic rings. The van der Waals surface area contributed by atoms with Gasteiger partial charge in [0.25, 0.3) is 0 Å². The van der Waals surface area contributed by atoms with Gasteiger partial charge < -0.3 is 5.11 Å². The Kier molecular flexibility index (Phi) is 2.60. The van der Waals surface area contributed by atoms with Gasteiger partial charge in [-0.05, 0) is 67.3 Å². The van der Waals surface area contributed by atoms with E-state index in [9.17, 15) is 0 Å². The number of rotatable bonds is 2. The van der Waals surface area contributed by atoms with Crippen LogP contribution in [0, 0.1) is 13.8 Å². The number of fused-ring (bicyclic) bond motifs is 1. The number of aryl methyl sites for hydroxylation is 2. The Morgan fingerprint density at radius 3 is 2.79 bits per heavy atom. The van der Waals surface area contributed by atoms with E-state index in [0.717, 1.165) is 6.42 Å². The summed E-state index contributed by atoms with van der Waals surface area (Å²) in [5, 5.41) is 9.02. The van der Waals surface area contributed by atoms with E-state index < -0.39 is 0 Å².